The average molecular weight is 149 g/mol. The molecule has 0 spiro atoms. The van der Waals surface area contributed by atoms with E-state index in [0.29, 0.717) is 11.5 Å². The number of nitrogens with one attached hydrogen (secondary N) is 1. The molecule has 1 aliphatic rings. The normalized spacial score (nSPS) is 13.5. The fourth-order valence-corrected chi connectivity index (χ4v) is 0.637. The fraction of sp³-hybridized carbons (Fsp3) is 0. The molecule has 0 unspecified atom stereocenters. The molecule has 0 radical (unpaired) electrons. The van der Waals surface area contributed by atoms with E-state index in [-0.39, 0.29) is 0 Å². The minimum absolute atomic E-state index is 0.456. The summed E-state index contributed by atoms with van der Waals surface area (Å²) >= 11 is 0. The number of aromatic nitrogens is 4. The summed E-state index contributed by atoms with van der Waals surface area (Å²) in [6.45, 7) is 0. The Morgan fingerprint density at radius 2 is 2.09 bits per heavy atom. The van der Waals surface area contributed by atoms with Crippen molar-refractivity contribution >= 4 is 11.9 Å². The molecule has 0 amide bonds. The zero-order chi connectivity index (χ0) is 7.52. The highest BCUT2D eigenvalue weighted by Gasteiger charge is 2.03. The van der Waals surface area contributed by atoms with E-state index in [1.54, 1.807) is 6.08 Å². The van der Waals surface area contributed by atoms with Gasteiger partial charge >= 0.3 is 0 Å². The van der Waals surface area contributed by atoms with Crippen molar-refractivity contribution in [2.75, 3.05) is 5.43 Å². The molecule has 7 nitrogen and oxygen atoms in total. The summed E-state index contributed by atoms with van der Waals surface area (Å²) in [7, 11) is 0. The van der Waals surface area contributed by atoms with Crippen LogP contribution in [0.5, 0.6) is 0 Å². The summed E-state index contributed by atoms with van der Waals surface area (Å²) in [5.41, 5.74) is 3.12. The van der Waals surface area contributed by atoms with E-state index in [4.69, 9.17) is 0 Å². The van der Waals surface area contributed by atoms with Crippen molar-refractivity contribution in [1.82, 2.24) is 20.6 Å². The van der Waals surface area contributed by atoms with Gasteiger partial charge < -0.3 is 0 Å². The Bertz CT molecular complexity index is 316. The third-order valence-electron chi connectivity index (χ3n) is 1.09. The molecular formula is C4H3N7. The first-order valence-corrected chi connectivity index (χ1v) is 2.85. The molecule has 1 aromatic heterocycles. The van der Waals surface area contributed by atoms with Gasteiger partial charge in [-0.2, -0.15) is 0 Å². The van der Waals surface area contributed by atoms with Crippen LogP contribution in [0, 0.1) is 0 Å². The summed E-state index contributed by atoms with van der Waals surface area (Å²) in [4.78, 5) is 0. The summed E-state index contributed by atoms with van der Waals surface area (Å²) in [6, 6.07) is 0. The molecule has 11 heavy (non-hydrogen) atoms. The molecule has 2 heterocycles. The van der Waals surface area contributed by atoms with Gasteiger partial charge in [0.05, 0.1) is 6.20 Å². The van der Waals surface area contributed by atoms with Crippen LogP contribution in [-0.4, -0.2) is 20.6 Å². The van der Waals surface area contributed by atoms with Crippen molar-refractivity contribution < 1.29 is 0 Å². The lowest BCUT2D eigenvalue weighted by molar-refractivity contribution is 0.758. The highest BCUT2D eigenvalue weighted by molar-refractivity contribution is 5.57. The molecule has 1 aliphatic heterocycles. The SMILES string of the molecule is C1=Cc2nnnnc2NN=N1. The molecule has 0 aromatic carbocycles. The van der Waals surface area contributed by atoms with Crippen LogP contribution in [0.3, 0.4) is 0 Å². The molecule has 0 saturated carbocycles. The first kappa shape index (κ1) is 5.83. The topological polar surface area (TPSA) is 88.3 Å². The number of nitrogens with zero attached hydrogens (tertiary/aromatic N) is 6. The van der Waals surface area contributed by atoms with Crippen LogP contribution in [0.2, 0.25) is 0 Å². The van der Waals surface area contributed by atoms with Crippen LogP contribution in [0.1, 0.15) is 5.69 Å². The summed E-state index contributed by atoms with van der Waals surface area (Å²) < 4.78 is 0. The molecule has 0 saturated heterocycles. The lowest BCUT2D eigenvalue weighted by Gasteiger charge is -1.94. The van der Waals surface area contributed by atoms with Gasteiger partial charge in [-0.1, -0.05) is 5.22 Å². The van der Waals surface area contributed by atoms with Crippen LogP contribution in [0.15, 0.2) is 16.5 Å². The molecule has 2 rings (SSSR count). The quantitative estimate of drug-likeness (QED) is 0.562. The Balaban J connectivity index is 2.52. The minimum atomic E-state index is 0.456. The van der Waals surface area contributed by atoms with Gasteiger partial charge in [0, 0.05) is 0 Å². The highest BCUT2D eigenvalue weighted by Crippen LogP contribution is 2.10. The predicted molar refractivity (Wildman–Crippen MR) is 35.1 cm³/mol. The van der Waals surface area contributed by atoms with Crippen molar-refractivity contribution in [3.63, 3.8) is 0 Å². The molecule has 1 N–H and O–H groups in total. The van der Waals surface area contributed by atoms with Gasteiger partial charge in [-0.15, -0.1) is 15.3 Å². The van der Waals surface area contributed by atoms with Gasteiger partial charge in [0.25, 0.3) is 0 Å². The van der Waals surface area contributed by atoms with Crippen LogP contribution < -0.4 is 5.43 Å². The van der Waals surface area contributed by atoms with E-state index in [9.17, 15) is 0 Å². The highest BCUT2D eigenvalue weighted by atomic mass is 15.5. The van der Waals surface area contributed by atoms with E-state index in [2.05, 4.69) is 36.4 Å². The van der Waals surface area contributed by atoms with Gasteiger partial charge in [0.2, 0.25) is 0 Å². The van der Waals surface area contributed by atoms with Gasteiger partial charge in [-0.3, -0.25) is 0 Å². The van der Waals surface area contributed by atoms with Crippen LogP contribution in [-0.2, 0) is 0 Å². The lowest BCUT2D eigenvalue weighted by atomic mass is 10.4. The third-order valence-corrected chi connectivity index (χ3v) is 1.09. The number of rotatable bonds is 0. The minimum Gasteiger partial charge on any atom is -0.239 e. The number of fused-ring (bicyclic) bond motifs is 1. The molecule has 0 fully saturated rings. The van der Waals surface area contributed by atoms with E-state index in [1.165, 1.54) is 6.20 Å². The number of anilines is 1. The smallest absolute Gasteiger partial charge is 0.200 e. The van der Waals surface area contributed by atoms with Crippen LogP contribution in [0.25, 0.3) is 6.08 Å². The fourth-order valence-electron chi connectivity index (χ4n) is 0.637. The molecule has 1 aromatic rings. The first-order valence-electron chi connectivity index (χ1n) is 2.85. The molecule has 0 aliphatic carbocycles. The zero-order valence-electron chi connectivity index (χ0n) is 5.34. The number of hydrogen-bond donors (Lipinski definition) is 1. The standard InChI is InChI=1S/C4H3N7/c1-2-5-9-7-4-3(1)6-10-11-8-4/h1-2H,(H,5,7,8,10). The Morgan fingerprint density at radius 1 is 1.18 bits per heavy atom. The summed E-state index contributed by atoms with van der Waals surface area (Å²) in [6.07, 6.45) is 3.13. The summed E-state index contributed by atoms with van der Waals surface area (Å²) in [5.74, 6) is 0.456. The number of hydrogen-bond acceptors (Lipinski definition) is 7. The van der Waals surface area contributed by atoms with Crippen LogP contribution in [0.4, 0.5) is 5.82 Å². The maximum Gasteiger partial charge on any atom is 0.200 e. The average Bonchev–Trinajstić information content (AvgIpc) is 2.28. The molecule has 0 bridgehead atoms. The van der Waals surface area contributed by atoms with Crippen LogP contribution >= 0.6 is 0 Å². The Hall–Kier alpha value is -1.92. The molecule has 7 heteroatoms. The zero-order valence-corrected chi connectivity index (χ0v) is 5.34. The molecular weight excluding hydrogens is 146 g/mol. The Labute approximate surface area is 61.2 Å². The van der Waals surface area contributed by atoms with Gasteiger partial charge in [-0.25, -0.2) is 5.43 Å². The second-order valence-corrected chi connectivity index (χ2v) is 1.76. The second kappa shape index (κ2) is 2.37. The van der Waals surface area contributed by atoms with Gasteiger partial charge in [0.15, 0.2) is 5.82 Å². The van der Waals surface area contributed by atoms with Crippen molar-refractivity contribution in [2.45, 2.75) is 0 Å². The predicted octanol–water partition coefficient (Wildman–Crippen LogP) is 0.0300. The van der Waals surface area contributed by atoms with E-state index < -0.39 is 0 Å². The van der Waals surface area contributed by atoms with Crippen molar-refractivity contribution in [1.29, 1.82) is 0 Å². The monoisotopic (exact) mass is 149 g/mol. The molecule has 54 valence electrons. The maximum atomic E-state index is 3.69. The molecule has 0 atom stereocenters. The van der Waals surface area contributed by atoms with E-state index >= 15 is 0 Å². The Kier molecular flexibility index (Phi) is 1.26. The van der Waals surface area contributed by atoms with E-state index in [1.807, 2.05) is 0 Å². The van der Waals surface area contributed by atoms with Crippen molar-refractivity contribution in [3.05, 3.63) is 11.9 Å². The second-order valence-electron chi connectivity index (χ2n) is 1.76. The van der Waals surface area contributed by atoms with Gasteiger partial charge in [0.1, 0.15) is 5.69 Å². The van der Waals surface area contributed by atoms with Crippen molar-refractivity contribution in [3.8, 4) is 0 Å². The van der Waals surface area contributed by atoms with E-state index in [0.717, 1.165) is 0 Å². The Morgan fingerprint density at radius 3 is 3.09 bits per heavy atom. The first-order chi connectivity index (χ1) is 5.47. The van der Waals surface area contributed by atoms with Gasteiger partial charge in [-0.05, 0) is 16.5 Å². The third kappa shape index (κ3) is 1.02. The van der Waals surface area contributed by atoms with Crippen molar-refractivity contribution in [2.24, 2.45) is 10.3 Å². The lowest BCUT2D eigenvalue weighted by Crippen LogP contribution is -2.00. The largest absolute Gasteiger partial charge is 0.239 e. The summed E-state index contributed by atoms with van der Waals surface area (Å²) in [5, 5.41) is 21.1. The maximum absolute atomic E-state index is 3.69.